The minimum absolute atomic E-state index is 0.119. The first-order valence-electron chi connectivity index (χ1n) is 7.89. The zero-order valence-electron chi connectivity index (χ0n) is 12.4. The number of hydrogen-bond donors (Lipinski definition) is 1. The molecule has 1 saturated heterocycles. The van der Waals surface area contributed by atoms with E-state index in [4.69, 9.17) is 0 Å². The van der Waals surface area contributed by atoms with Crippen LogP contribution in [0, 0.1) is 11.8 Å². The Morgan fingerprint density at radius 2 is 1.90 bits per heavy atom. The minimum atomic E-state index is -3.67. The Morgan fingerprint density at radius 3 is 2.52 bits per heavy atom. The highest BCUT2D eigenvalue weighted by Crippen LogP contribution is 2.42. The van der Waals surface area contributed by atoms with Crippen LogP contribution in [0.5, 0.6) is 0 Å². The number of aliphatic carboxylic acids is 1. The SMILES string of the molecule is CN(CC1CC1)S(=O)(=O)N1C(C(=O)O)CC2CCCCC21. The van der Waals surface area contributed by atoms with Gasteiger partial charge < -0.3 is 5.11 Å². The smallest absolute Gasteiger partial charge is 0.322 e. The molecule has 3 unspecified atom stereocenters. The summed E-state index contributed by atoms with van der Waals surface area (Å²) in [5, 5.41) is 9.45. The lowest BCUT2D eigenvalue weighted by molar-refractivity contribution is -0.141. The Labute approximate surface area is 126 Å². The van der Waals surface area contributed by atoms with Crippen molar-refractivity contribution in [1.82, 2.24) is 8.61 Å². The Morgan fingerprint density at radius 1 is 1.24 bits per heavy atom. The summed E-state index contributed by atoms with van der Waals surface area (Å²) >= 11 is 0. The van der Waals surface area contributed by atoms with Crippen LogP contribution in [-0.2, 0) is 15.0 Å². The molecular formula is C14H24N2O4S. The summed E-state index contributed by atoms with van der Waals surface area (Å²) in [5.74, 6) is -0.338. The quantitative estimate of drug-likeness (QED) is 0.829. The van der Waals surface area contributed by atoms with Gasteiger partial charge in [0.15, 0.2) is 0 Å². The second-order valence-electron chi connectivity index (χ2n) is 6.76. The monoisotopic (exact) mass is 316 g/mol. The predicted octanol–water partition coefficient (Wildman–Crippen LogP) is 1.29. The largest absolute Gasteiger partial charge is 0.480 e. The normalized spacial score (nSPS) is 34.1. The van der Waals surface area contributed by atoms with Crippen LogP contribution in [0.2, 0.25) is 0 Å². The van der Waals surface area contributed by atoms with Crippen LogP contribution < -0.4 is 0 Å². The Hall–Kier alpha value is -0.660. The molecule has 0 spiro atoms. The molecule has 6 nitrogen and oxygen atoms in total. The molecule has 1 aliphatic heterocycles. The second-order valence-corrected chi connectivity index (χ2v) is 8.70. The van der Waals surface area contributed by atoms with Crippen LogP contribution in [0.4, 0.5) is 0 Å². The molecule has 21 heavy (non-hydrogen) atoms. The summed E-state index contributed by atoms with van der Waals surface area (Å²) in [6.07, 6.45) is 6.45. The lowest BCUT2D eigenvalue weighted by Crippen LogP contribution is -2.51. The van der Waals surface area contributed by atoms with E-state index in [0.717, 1.165) is 38.5 Å². The number of rotatable bonds is 5. The maximum absolute atomic E-state index is 12.9. The van der Waals surface area contributed by atoms with E-state index in [2.05, 4.69) is 0 Å². The number of carbonyl (C=O) groups is 1. The number of carboxylic acids is 1. The zero-order chi connectivity index (χ0) is 15.2. The van der Waals surface area contributed by atoms with E-state index in [1.165, 1.54) is 8.61 Å². The van der Waals surface area contributed by atoms with Gasteiger partial charge in [-0.15, -0.1) is 0 Å². The third-order valence-electron chi connectivity index (χ3n) is 5.19. The first kappa shape index (κ1) is 15.2. The van der Waals surface area contributed by atoms with E-state index in [9.17, 15) is 18.3 Å². The van der Waals surface area contributed by atoms with Crippen LogP contribution in [0.1, 0.15) is 44.9 Å². The molecule has 0 aromatic carbocycles. The minimum Gasteiger partial charge on any atom is -0.480 e. The van der Waals surface area contributed by atoms with Gasteiger partial charge >= 0.3 is 5.97 Å². The molecule has 3 fully saturated rings. The van der Waals surface area contributed by atoms with Gasteiger partial charge in [0.1, 0.15) is 6.04 Å². The molecule has 3 rings (SSSR count). The molecule has 2 saturated carbocycles. The van der Waals surface area contributed by atoms with Gasteiger partial charge in [0.2, 0.25) is 0 Å². The first-order valence-corrected chi connectivity index (χ1v) is 9.28. The van der Waals surface area contributed by atoms with Gasteiger partial charge in [-0.3, -0.25) is 4.79 Å². The van der Waals surface area contributed by atoms with Crippen LogP contribution in [0.3, 0.4) is 0 Å². The van der Waals surface area contributed by atoms with Crippen LogP contribution in [0.15, 0.2) is 0 Å². The second kappa shape index (κ2) is 5.52. The lowest BCUT2D eigenvalue weighted by Gasteiger charge is -2.34. The van der Waals surface area contributed by atoms with E-state index < -0.39 is 22.2 Å². The fourth-order valence-corrected chi connectivity index (χ4v) is 5.72. The predicted molar refractivity (Wildman–Crippen MR) is 77.9 cm³/mol. The lowest BCUT2D eigenvalue weighted by atomic mass is 9.85. The molecular weight excluding hydrogens is 292 g/mol. The van der Waals surface area contributed by atoms with Gasteiger partial charge in [-0.2, -0.15) is 17.0 Å². The Bertz CT molecular complexity index is 517. The summed E-state index contributed by atoms with van der Waals surface area (Å²) < 4.78 is 28.4. The first-order chi connectivity index (χ1) is 9.91. The van der Waals surface area contributed by atoms with Crippen molar-refractivity contribution in [2.75, 3.05) is 13.6 Å². The molecule has 0 aromatic rings. The van der Waals surface area contributed by atoms with E-state index in [0.29, 0.717) is 18.9 Å². The molecule has 3 aliphatic rings. The van der Waals surface area contributed by atoms with Gasteiger partial charge in [0.25, 0.3) is 10.2 Å². The van der Waals surface area contributed by atoms with E-state index in [1.807, 2.05) is 0 Å². The standard InChI is InChI=1S/C14H24N2O4S/c1-15(9-10-6-7-10)21(19,20)16-12-5-3-2-4-11(12)8-13(16)14(17)18/h10-13H,2-9H2,1H3,(H,17,18). The number of nitrogens with zero attached hydrogens (tertiary/aromatic N) is 2. The summed E-state index contributed by atoms with van der Waals surface area (Å²) in [4.78, 5) is 11.5. The van der Waals surface area contributed by atoms with Crippen molar-refractivity contribution in [3.63, 3.8) is 0 Å². The summed E-state index contributed by atoms with van der Waals surface area (Å²) in [6.45, 7) is 0.516. The third kappa shape index (κ3) is 2.83. The van der Waals surface area contributed by atoms with Crippen molar-refractivity contribution in [2.45, 2.75) is 57.0 Å². The van der Waals surface area contributed by atoms with E-state index in [-0.39, 0.29) is 12.0 Å². The van der Waals surface area contributed by atoms with E-state index in [1.54, 1.807) is 7.05 Å². The van der Waals surface area contributed by atoms with Gasteiger partial charge in [0.05, 0.1) is 0 Å². The van der Waals surface area contributed by atoms with Crippen molar-refractivity contribution in [3.8, 4) is 0 Å². The highest BCUT2D eigenvalue weighted by molar-refractivity contribution is 7.86. The summed E-state index contributed by atoms with van der Waals surface area (Å²) in [7, 11) is -2.09. The van der Waals surface area contributed by atoms with Crippen molar-refractivity contribution in [2.24, 2.45) is 11.8 Å². The van der Waals surface area contributed by atoms with Gasteiger partial charge in [0, 0.05) is 19.6 Å². The zero-order valence-corrected chi connectivity index (χ0v) is 13.3. The average molecular weight is 316 g/mol. The van der Waals surface area contributed by atoms with Crippen LogP contribution in [0.25, 0.3) is 0 Å². The molecule has 1 N–H and O–H groups in total. The fraction of sp³-hybridized carbons (Fsp3) is 0.929. The van der Waals surface area contributed by atoms with Crippen LogP contribution in [-0.4, -0.2) is 53.8 Å². The molecule has 0 bridgehead atoms. The maximum Gasteiger partial charge on any atom is 0.322 e. The molecule has 120 valence electrons. The molecule has 7 heteroatoms. The highest BCUT2D eigenvalue weighted by atomic mass is 32.2. The number of hydrogen-bond acceptors (Lipinski definition) is 3. The number of carboxylic acid groups (broad SMARTS) is 1. The molecule has 1 heterocycles. The Kier molecular flexibility index (Phi) is 4.00. The number of fused-ring (bicyclic) bond motifs is 1. The van der Waals surface area contributed by atoms with Crippen LogP contribution >= 0.6 is 0 Å². The molecule has 2 aliphatic carbocycles. The molecule has 0 aromatic heterocycles. The molecule has 0 amide bonds. The van der Waals surface area contributed by atoms with Crippen molar-refractivity contribution >= 4 is 16.2 Å². The molecule has 0 radical (unpaired) electrons. The highest BCUT2D eigenvalue weighted by Gasteiger charge is 2.52. The third-order valence-corrected chi connectivity index (χ3v) is 7.18. The molecule has 3 atom stereocenters. The van der Waals surface area contributed by atoms with Crippen molar-refractivity contribution in [1.29, 1.82) is 0 Å². The van der Waals surface area contributed by atoms with Gasteiger partial charge in [-0.05, 0) is 43.9 Å². The van der Waals surface area contributed by atoms with E-state index >= 15 is 0 Å². The maximum atomic E-state index is 12.9. The topological polar surface area (TPSA) is 77.9 Å². The van der Waals surface area contributed by atoms with Crippen molar-refractivity contribution < 1.29 is 18.3 Å². The summed E-state index contributed by atoms with van der Waals surface area (Å²) in [5.41, 5.74) is 0. The van der Waals surface area contributed by atoms with Gasteiger partial charge in [-0.25, -0.2) is 0 Å². The Balaban J connectivity index is 1.86. The average Bonchev–Trinajstić information content (AvgIpc) is 3.15. The summed E-state index contributed by atoms with van der Waals surface area (Å²) in [6, 6.07) is -1.00. The van der Waals surface area contributed by atoms with Crippen molar-refractivity contribution in [3.05, 3.63) is 0 Å². The fourth-order valence-electron chi connectivity index (χ4n) is 3.88. The van der Waals surface area contributed by atoms with Gasteiger partial charge in [-0.1, -0.05) is 12.8 Å².